The van der Waals surface area contributed by atoms with E-state index in [-0.39, 0.29) is 10.6 Å². The number of nitrogens with one attached hydrogen (secondary N) is 1. The van der Waals surface area contributed by atoms with Crippen LogP contribution in [0.2, 0.25) is 5.02 Å². The number of sulfonamides is 1. The van der Waals surface area contributed by atoms with Gasteiger partial charge in [-0.15, -0.1) is 0 Å². The van der Waals surface area contributed by atoms with Gasteiger partial charge >= 0.3 is 0 Å². The minimum absolute atomic E-state index is 0.0879. The Morgan fingerprint density at radius 3 is 2.52 bits per heavy atom. The summed E-state index contributed by atoms with van der Waals surface area (Å²) < 4.78 is 28.0. The van der Waals surface area contributed by atoms with Gasteiger partial charge in [0.05, 0.1) is 27.5 Å². The van der Waals surface area contributed by atoms with Crippen molar-refractivity contribution in [3.8, 4) is 0 Å². The Morgan fingerprint density at radius 2 is 1.90 bits per heavy atom. The van der Waals surface area contributed by atoms with Crippen LogP contribution in [0.3, 0.4) is 0 Å². The zero-order chi connectivity index (χ0) is 15.8. The molecule has 112 valence electrons. The summed E-state index contributed by atoms with van der Waals surface area (Å²) in [6.45, 7) is 3.48. The zero-order valence-electron chi connectivity index (χ0n) is 11.3. The summed E-state index contributed by atoms with van der Waals surface area (Å²) in [7, 11) is -3.76. The normalized spacial score (nSPS) is 11.4. The average molecular weight is 391 g/mol. The molecule has 0 fully saturated rings. The summed E-state index contributed by atoms with van der Waals surface area (Å²) in [4.78, 5) is 4.14. The number of halogens is 2. The van der Waals surface area contributed by atoms with E-state index < -0.39 is 10.0 Å². The van der Waals surface area contributed by atoms with E-state index in [0.29, 0.717) is 20.9 Å². The Balaban J connectivity index is 2.43. The third-order valence-corrected chi connectivity index (χ3v) is 5.53. The Kier molecular flexibility index (Phi) is 4.46. The summed E-state index contributed by atoms with van der Waals surface area (Å²) in [5, 5.41) is 0.326. The van der Waals surface area contributed by atoms with Gasteiger partial charge in [0, 0.05) is 0 Å². The molecule has 0 aliphatic rings. The van der Waals surface area contributed by atoms with Crippen molar-refractivity contribution in [3.63, 3.8) is 0 Å². The number of nitrogens with two attached hydrogens (primary N) is 1. The Bertz CT molecular complexity index is 809. The number of aryl methyl sites for hydroxylation is 2. The quantitative estimate of drug-likeness (QED) is 0.620. The highest BCUT2D eigenvalue weighted by molar-refractivity contribution is 9.10. The number of pyridine rings is 1. The Labute approximate surface area is 136 Å². The third kappa shape index (κ3) is 3.48. The van der Waals surface area contributed by atoms with E-state index in [1.165, 1.54) is 18.3 Å². The molecule has 0 aliphatic carbocycles. The average Bonchev–Trinajstić information content (AvgIpc) is 2.37. The van der Waals surface area contributed by atoms with Crippen LogP contribution in [0.25, 0.3) is 0 Å². The lowest BCUT2D eigenvalue weighted by atomic mass is 10.2. The lowest BCUT2D eigenvalue weighted by molar-refractivity contribution is 0.600. The number of hydrogen-bond donors (Lipinski definition) is 2. The van der Waals surface area contributed by atoms with Crippen LogP contribution in [-0.4, -0.2) is 13.4 Å². The van der Waals surface area contributed by atoms with Gasteiger partial charge in [0.15, 0.2) is 0 Å². The predicted octanol–water partition coefficient (Wildman–Crippen LogP) is 3.50. The number of rotatable bonds is 3. The SMILES string of the molecule is Cc1cc(Cl)c(N)cc1S(=O)(=O)Nc1cnc(Br)c(C)c1. The molecule has 0 amide bonds. The van der Waals surface area contributed by atoms with Gasteiger partial charge in [0.25, 0.3) is 10.0 Å². The van der Waals surface area contributed by atoms with Crippen LogP contribution in [0, 0.1) is 13.8 Å². The van der Waals surface area contributed by atoms with E-state index >= 15 is 0 Å². The minimum Gasteiger partial charge on any atom is -0.397 e. The lowest BCUT2D eigenvalue weighted by Gasteiger charge is -2.12. The van der Waals surface area contributed by atoms with Crippen LogP contribution < -0.4 is 10.5 Å². The van der Waals surface area contributed by atoms with Crippen molar-refractivity contribution in [2.24, 2.45) is 0 Å². The van der Waals surface area contributed by atoms with Crippen molar-refractivity contribution in [1.29, 1.82) is 0 Å². The minimum atomic E-state index is -3.76. The number of aromatic nitrogens is 1. The van der Waals surface area contributed by atoms with Gasteiger partial charge < -0.3 is 5.73 Å². The highest BCUT2D eigenvalue weighted by Crippen LogP contribution is 2.28. The van der Waals surface area contributed by atoms with Gasteiger partial charge in [-0.3, -0.25) is 4.72 Å². The summed E-state index contributed by atoms with van der Waals surface area (Å²) >= 11 is 9.14. The smallest absolute Gasteiger partial charge is 0.262 e. The maximum atomic E-state index is 12.4. The summed E-state index contributed by atoms with van der Waals surface area (Å²) in [5.74, 6) is 0. The summed E-state index contributed by atoms with van der Waals surface area (Å²) in [5.41, 5.74) is 7.61. The molecule has 0 bridgehead atoms. The summed E-state index contributed by atoms with van der Waals surface area (Å²) in [6.07, 6.45) is 1.43. The molecule has 2 aromatic rings. The fourth-order valence-electron chi connectivity index (χ4n) is 1.78. The van der Waals surface area contributed by atoms with Crippen molar-refractivity contribution >= 4 is 48.9 Å². The molecule has 0 atom stereocenters. The second kappa shape index (κ2) is 5.82. The molecule has 0 unspecified atom stereocenters. The molecule has 0 saturated carbocycles. The second-order valence-electron chi connectivity index (χ2n) is 4.58. The van der Waals surface area contributed by atoms with Crippen molar-refractivity contribution in [2.75, 3.05) is 10.5 Å². The third-order valence-electron chi connectivity index (χ3n) is 2.85. The van der Waals surface area contributed by atoms with E-state index in [1.807, 2.05) is 6.92 Å². The topological polar surface area (TPSA) is 85.1 Å². The first kappa shape index (κ1) is 16.1. The largest absolute Gasteiger partial charge is 0.397 e. The fraction of sp³-hybridized carbons (Fsp3) is 0.154. The standard InChI is InChI=1S/C13H13BrClN3O2S/c1-7-4-10(15)11(16)5-12(7)21(19,20)18-9-3-8(2)13(14)17-6-9/h3-6,18H,16H2,1-2H3. The van der Waals surface area contributed by atoms with Gasteiger partial charge in [-0.1, -0.05) is 11.6 Å². The first-order valence-corrected chi connectivity index (χ1v) is 8.56. The van der Waals surface area contributed by atoms with E-state index in [4.69, 9.17) is 17.3 Å². The van der Waals surface area contributed by atoms with Crippen LogP contribution in [0.1, 0.15) is 11.1 Å². The van der Waals surface area contributed by atoms with Crippen molar-refractivity contribution in [3.05, 3.63) is 45.1 Å². The molecule has 8 heteroatoms. The molecule has 3 N–H and O–H groups in total. The molecule has 0 aliphatic heterocycles. The fourth-order valence-corrected chi connectivity index (χ4v) is 3.51. The maximum absolute atomic E-state index is 12.4. The molecule has 1 heterocycles. The Hall–Kier alpha value is -1.31. The van der Waals surface area contributed by atoms with Crippen LogP contribution in [0.4, 0.5) is 11.4 Å². The molecule has 1 aromatic carbocycles. The molecular weight excluding hydrogens is 378 g/mol. The molecule has 0 spiro atoms. The first-order valence-electron chi connectivity index (χ1n) is 5.91. The van der Waals surface area contributed by atoms with E-state index in [1.54, 1.807) is 13.0 Å². The van der Waals surface area contributed by atoms with E-state index in [2.05, 4.69) is 25.6 Å². The lowest BCUT2D eigenvalue weighted by Crippen LogP contribution is -2.15. The van der Waals surface area contributed by atoms with Gasteiger partial charge in [-0.2, -0.15) is 0 Å². The van der Waals surface area contributed by atoms with Gasteiger partial charge in [0.1, 0.15) is 4.60 Å². The van der Waals surface area contributed by atoms with Crippen LogP contribution in [-0.2, 0) is 10.0 Å². The molecule has 21 heavy (non-hydrogen) atoms. The molecule has 0 radical (unpaired) electrons. The van der Waals surface area contributed by atoms with Crippen molar-refractivity contribution in [2.45, 2.75) is 18.7 Å². The molecular formula is C13H13BrClN3O2S. The van der Waals surface area contributed by atoms with Gasteiger partial charge in [0.2, 0.25) is 0 Å². The van der Waals surface area contributed by atoms with Crippen LogP contribution >= 0.6 is 27.5 Å². The number of benzene rings is 1. The Morgan fingerprint density at radius 1 is 1.24 bits per heavy atom. The molecule has 5 nitrogen and oxygen atoms in total. The monoisotopic (exact) mass is 389 g/mol. The highest BCUT2D eigenvalue weighted by atomic mass is 79.9. The van der Waals surface area contributed by atoms with E-state index in [9.17, 15) is 8.42 Å². The van der Waals surface area contributed by atoms with Gasteiger partial charge in [-0.25, -0.2) is 13.4 Å². The number of nitrogens with zero attached hydrogens (tertiary/aromatic N) is 1. The zero-order valence-corrected chi connectivity index (χ0v) is 14.5. The van der Waals surface area contributed by atoms with Crippen LogP contribution in [0.5, 0.6) is 0 Å². The van der Waals surface area contributed by atoms with Gasteiger partial charge in [-0.05, 0) is 59.1 Å². The second-order valence-corrected chi connectivity index (χ2v) is 7.39. The molecule has 2 rings (SSSR count). The first-order chi connectivity index (χ1) is 9.70. The molecule has 1 aromatic heterocycles. The molecule has 0 saturated heterocycles. The van der Waals surface area contributed by atoms with Crippen LogP contribution in [0.15, 0.2) is 33.9 Å². The maximum Gasteiger partial charge on any atom is 0.262 e. The summed E-state index contributed by atoms with van der Waals surface area (Å²) in [6, 6.07) is 4.55. The number of nitrogen functional groups attached to an aromatic ring is 1. The highest BCUT2D eigenvalue weighted by Gasteiger charge is 2.19. The number of hydrogen-bond acceptors (Lipinski definition) is 4. The van der Waals surface area contributed by atoms with Crippen molar-refractivity contribution < 1.29 is 8.42 Å². The van der Waals surface area contributed by atoms with E-state index in [0.717, 1.165) is 5.56 Å². The predicted molar refractivity (Wildman–Crippen MR) is 88.1 cm³/mol. The number of anilines is 2. The van der Waals surface area contributed by atoms with Crippen molar-refractivity contribution in [1.82, 2.24) is 4.98 Å².